The smallest absolute Gasteiger partial charge is 0.322 e. The lowest BCUT2D eigenvalue weighted by Gasteiger charge is -2.35. The van der Waals surface area contributed by atoms with Gasteiger partial charge in [0.05, 0.1) is 0 Å². The molecule has 2 aliphatic rings. The monoisotopic (exact) mass is 540 g/mol. The number of hydrogen-bond donors (Lipinski definition) is 2. The van der Waals surface area contributed by atoms with Gasteiger partial charge in [-0.25, -0.2) is 4.79 Å². The third kappa shape index (κ3) is 8.07. The molecule has 2 N–H and O–H groups in total. The van der Waals surface area contributed by atoms with Gasteiger partial charge in [-0.2, -0.15) is 0 Å². The van der Waals surface area contributed by atoms with Gasteiger partial charge in [-0.15, -0.1) is 0 Å². The molecule has 0 unspecified atom stereocenters. The van der Waals surface area contributed by atoms with Crippen molar-refractivity contribution in [3.8, 4) is 0 Å². The maximum atomic E-state index is 13.2. The van der Waals surface area contributed by atoms with Gasteiger partial charge >= 0.3 is 6.03 Å². The zero-order valence-corrected chi connectivity index (χ0v) is 22.0. The minimum Gasteiger partial charge on any atom is -0.353 e. The van der Waals surface area contributed by atoms with E-state index >= 15 is 0 Å². The van der Waals surface area contributed by atoms with E-state index in [4.69, 9.17) is 0 Å². The van der Waals surface area contributed by atoms with Crippen LogP contribution < -0.4 is 10.6 Å². The Morgan fingerprint density at radius 1 is 0.914 bits per heavy atom. The summed E-state index contributed by atoms with van der Waals surface area (Å²) in [4.78, 5) is 30.3. The Hall–Kier alpha value is -2.38. The zero-order chi connectivity index (χ0) is 24.5. The highest BCUT2D eigenvalue weighted by Gasteiger charge is 2.27. The maximum Gasteiger partial charge on any atom is 0.322 e. The van der Waals surface area contributed by atoms with Gasteiger partial charge in [-0.1, -0.05) is 65.5 Å². The van der Waals surface area contributed by atoms with Crippen molar-refractivity contribution in [2.45, 2.75) is 70.0 Å². The van der Waals surface area contributed by atoms with Crippen molar-refractivity contribution >= 4 is 33.6 Å². The normalized spacial score (nSPS) is 17.6. The van der Waals surface area contributed by atoms with Gasteiger partial charge in [0.25, 0.3) is 0 Å². The summed E-state index contributed by atoms with van der Waals surface area (Å²) in [7, 11) is 0. The molecule has 1 saturated heterocycles. The molecule has 0 bridgehead atoms. The van der Waals surface area contributed by atoms with E-state index in [0.717, 1.165) is 68.3 Å². The summed E-state index contributed by atoms with van der Waals surface area (Å²) in [6, 6.07) is 18.5. The van der Waals surface area contributed by atoms with Gasteiger partial charge < -0.3 is 15.5 Å². The number of nitrogens with one attached hydrogen (secondary N) is 2. The summed E-state index contributed by atoms with van der Waals surface area (Å²) in [6.45, 7) is 3.39. The van der Waals surface area contributed by atoms with Gasteiger partial charge in [0.1, 0.15) is 0 Å². The molecule has 1 aliphatic heterocycles. The van der Waals surface area contributed by atoms with Crippen molar-refractivity contribution in [2.24, 2.45) is 0 Å². The summed E-state index contributed by atoms with van der Waals surface area (Å²) in [5, 5.41) is 6.25. The minimum atomic E-state index is -0.110. The average Bonchev–Trinajstić information content (AvgIpc) is 2.88. The largest absolute Gasteiger partial charge is 0.353 e. The second-order valence-corrected chi connectivity index (χ2v) is 10.7. The van der Waals surface area contributed by atoms with Crippen LogP contribution in [0.1, 0.15) is 56.9 Å². The number of likely N-dealkylation sites (tertiary alicyclic amines) is 1. The Balaban J connectivity index is 1.25. The standard InChI is InChI=1S/C28H37BrN4O2/c29-23-11-13-24(14-12-23)31-28(35)33(26-9-5-2-6-10-26)20-17-27(34)30-25-15-18-32(19-16-25)21-22-7-3-1-4-8-22/h1,3-4,7-8,11-14,25-26H,2,5-6,9-10,15-21H2,(H,30,34)(H,31,35). The number of urea groups is 1. The number of nitrogens with zero attached hydrogens (tertiary/aromatic N) is 2. The van der Waals surface area contributed by atoms with Crippen molar-refractivity contribution in [1.82, 2.24) is 15.1 Å². The molecule has 0 aromatic heterocycles. The molecule has 0 radical (unpaired) electrons. The summed E-state index contributed by atoms with van der Waals surface area (Å²) in [5.41, 5.74) is 2.10. The molecule has 6 nitrogen and oxygen atoms in total. The number of piperidine rings is 1. The van der Waals surface area contributed by atoms with Crippen LogP contribution >= 0.6 is 15.9 Å². The highest BCUT2D eigenvalue weighted by Crippen LogP contribution is 2.24. The van der Waals surface area contributed by atoms with Crippen molar-refractivity contribution < 1.29 is 9.59 Å². The van der Waals surface area contributed by atoms with E-state index < -0.39 is 0 Å². The molecule has 35 heavy (non-hydrogen) atoms. The number of carbonyl (C=O) groups is 2. The Bertz CT molecular complexity index is 939. The number of halogens is 1. The topological polar surface area (TPSA) is 64.7 Å². The minimum absolute atomic E-state index is 0.0451. The molecule has 0 spiro atoms. The lowest BCUT2D eigenvalue weighted by atomic mass is 9.94. The Labute approximate surface area is 217 Å². The zero-order valence-electron chi connectivity index (χ0n) is 20.4. The van der Waals surface area contributed by atoms with Crippen LogP contribution in [0.25, 0.3) is 0 Å². The van der Waals surface area contributed by atoms with Crippen LogP contribution in [-0.4, -0.2) is 53.5 Å². The number of benzene rings is 2. The van der Waals surface area contributed by atoms with E-state index in [1.54, 1.807) is 0 Å². The van der Waals surface area contributed by atoms with Gasteiger partial charge in [0.2, 0.25) is 5.91 Å². The fourth-order valence-electron chi connectivity index (χ4n) is 5.17. The molecule has 2 fully saturated rings. The fourth-order valence-corrected chi connectivity index (χ4v) is 5.43. The third-order valence-corrected chi connectivity index (χ3v) is 7.68. The molecule has 188 valence electrons. The summed E-state index contributed by atoms with van der Waals surface area (Å²) >= 11 is 3.43. The first-order valence-electron chi connectivity index (χ1n) is 13.0. The molecular weight excluding hydrogens is 504 g/mol. The second-order valence-electron chi connectivity index (χ2n) is 9.78. The number of hydrogen-bond acceptors (Lipinski definition) is 3. The number of carbonyl (C=O) groups excluding carboxylic acids is 2. The van der Waals surface area contributed by atoms with Crippen molar-refractivity contribution in [2.75, 3.05) is 25.0 Å². The van der Waals surface area contributed by atoms with Crippen LogP contribution in [0.2, 0.25) is 0 Å². The van der Waals surface area contributed by atoms with Crippen LogP contribution in [0.15, 0.2) is 59.1 Å². The Kier molecular flexibility index (Phi) is 9.60. The molecule has 4 rings (SSSR count). The lowest BCUT2D eigenvalue weighted by molar-refractivity contribution is -0.122. The first-order chi connectivity index (χ1) is 17.1. The van der Waals surface area contributed by atoms with E-state index in [1.807, 2.05) is 35.2 Å². The summed E-state index contributed by atoms with van der Waals surface area (Å²) in [6.07, 6.45) is 7.80. The first-order valence-corrected chi connectivity index (χ1v) is 13.7. The molecule has 2 aromatic rings. The fraction of sp³-hybridized carbons (Fsp3) is 0.500. The number of rotatable bonds is 8. The maximum absolute atomic E-state index is 13.2. The van der Waals surface area contributed by atoms with Crippen LogP contribution in [0, 0.1) is 0 Å². The summed E-state index contributed by atoms with van der Waals surface area (Å²) < 4.78 is 0.974. The van der Waals surface area contributed by atoms with Crippen molar-refractivity contribution in [3.63, 3.8) is 0 Å². The SMILES string of the molecule is O=C(CCN(C(=O)Nc1ccc(Br)cc1)C1CCCCC1)NC1CCN(Cc2ccccc2)CC1. The van der Waals surface area contributed by atoms with Crippen LogP contribution in [0.5, 0.6) is 0 Å². The quantitative estimate of drug-likeness (QED) is 0.445. The molecule has 1 heterocycles. The van der Waals surface area contributed by atoms with E-state index in [2.05, 4.69) is 55.7 Å². The number of anilines is 1. The molecule has 2 aromatic carbocycles. The van der Waals surface area contributed by atoms with Gasteiger partial charge in [-0.05, 0) is 55.5 Å². The van der Waals surface area contributed by atoms with E-state index in [9.17, 15) is 9.59 Å². The summed E-state index contributed by atoms with van der Waals surface area (Å²) in [5.74, 6) is 0.0451. The predicted molar refractivity (Wildman–Crippen MR) is 144 cm³/mol. The third-order valence-electron chi connectivity index (χ3n) is 7.15. The van der Waals surface area contributed by atoms with Crippen LogP contribution in [-0.2, 0) is 11.3 Å². The number of amides is 3. The highest BCUT2D eigenvalue weighted by atomic mass is 79.9. The molecule has 7 heteroatoms. The Morgan fingerprint density at radius 2 is 1.60 bits per heavy atom. The predicted octanol–water partition coefficient (Wildman–Crippen LogP) is 5.79. The van der Waals surface area contributed by atoms with Crippen LogP contribution in [0.3, 0.4) is 0 Å². The van der Waals surface area contributed by atoms with E-state index in [-0.39, 0.29) is 24.0 Å². The highest BCUT2D eigenvalue weighted by molar-refractivity contribution is 9.10. The van der Waals surface area contributed by atoms with Crippen molar-refractivity contribution in [3.05, 3.63) is 64.6 Å². The van der Waals surface area contributed by atoms with Gasteiger partial charge in [0, 0.05) is 54.8 Å². The van der Waals surface area contributed by atoms with E-state index in [0.29, 0.717) is 13.0 Å². The first kappa shape index (κ1) is 25.7. The van der Waals surface area contributed by atoms with Gasteiger partial charge in [0.15, 0.2) is 0 Å². The molecule has 0 atom stereocenters. The van der Waals surface area contributed by atoms with Gasteiger partial charge in [-0.3, -0.25) is 9.69 Å². The Morgan fingerprint density at radius 3 is 2.29 bits per heavy atom. The molecular formula is C28H37BrN4O2. The molecule has 3 amide bonds. The van der Waals surface area contributed by atoms with Crippen LogP contribution in [0.4, 0.5) is 10.5 Å². The molecule has 1 saturated carbocycles. The van der Waals surface area contributed by atoms with E-state index in [1.165, 1.54) is 12.0 Å². The molecule has 1 aliphatic carbocycles. The average molecular weight is 542 g/mol. The van der Waals surface area contributed by atoms with Crippen molar-refractivity contribution in [1.29, 1.82) is 0 Å². The lowest BCUT2D eigenvalue weighted by Crippen LogP contribution is -2.47. The second kappa shape index (κ2) is 13.1.